The molecular weight excluding hydrogens is 315 g/mol. The number of hydrogen-bond donors (Lipinski definition) is 1. The highest BCUT2D eigenvalue weighted by Crippen LogP contribution is 2.32. The third kappa shape index (κ3) is 2.96. The van der Waals surface area contributed by atoms with Gasteiger partial charge in [0.15, 0.2) is 11.4 Å². The van der Waals surface area contributed by atoms with E-state index in [1.54, 1.807) is 0 Å². The molecule has 0 fully saturated rings. The van der Waals surface area contributed by atoms with Crippen LogP contribution in [0.25, 0.3) is 5.13 Å². The van der Waals surface area contributed by atoms with E-state index in [4.69, 9.17) is 5.11 Å². The fourth-order valence-corrected chi connectivity index (χ4v) is 3.41. The molecule has 0 aliphatic carbocycles. The lowest BCUT2D eigenvalue weighted by atomic mass is 10.4. The highest BCUT2D eigenvalue weighted by atomic mass is 32.2. The van der Waals surface area contributed by atoms with Gasteiger partial charge in [-0.05, 0) is 11.8 Å². The lowest BCUT2D eigenvalue weighted by Gasteiger charge is -2.00. The molecule has 0 radical (unpaired) electrons. The molecular formula is C10H8F3N3O2S2. The maximum Gasteiger partial charge on any atom is 0.435 e. The molecule has 0 unspecified atom stereocenters. The second-order valence-electron chi connectivity index (χ2n) is 3.51. The van der Waals surface area contributed by atoms with E-state index in [-0.39, 0.29) is 10.8 Å². The highest BCUT2D eigenvalue weighted by Gasteiger charge is 2.34. The Hall–Kier alpha value is -1.55. The Kier molecular flexibility index (Phi) is 4.04. The van der Waals surface area contributed by atoms with E-state index in [9.17, 15) is 18.0 Å². The van der Waals surface area contributed by atoms with Gasteiger partial charge in [-0.3, -0.25) is 0 Å². The smallest absolute Gasteiger partial charge is 0.435 e. The fourth-order valence-electron chi connectivity index (χ4n) is 1.34. The molecule has 2 heterocycles. The molecule has 10 heteroatoms. The number of alkyl halides is 3. The summed E-state index contributed by atoms with van der Waals surface area (Å²) in [7, 11) is 0. The molecule has 0 spiro atoms. The maximum atomic E-state index is 12.5. The van der Waals surface area contributed by atoms with Crippen molar-refractivity contribution in [3.63, 3.8) is 0 Å². The first-order chi connectivity index (χ1) is 9.32. The first-order valence-electron chi connectivity index (χ1n) is 5.33. The van der Waals surface area contributed by atoms with Gasteiger partial charge >= 0.3 is 12.1 Å². The van der Waals surface area contributed by atoms with Crippen molar-refractivity contribution >= 4 is 29.1 Å². The van der Waals surface area contributed by atoms with Crippen molar-refractivity contribution in [1.29, 1.82) is 0 Å². The predicted molar refractivity (Wildman–Crippen MR) is 67.6 cm³/mol. The summed E-state index contributed by atoms with van der Waals surface area (Å²) in [6, 6.07) is 0.814. The van der Waals surface area contributed by atoms with E-state index in [1.807, 2.05) is 6.92 Å². The number of nitrogens with zero attached hydrogens (tertiary/aromatic N) is 3. The van der Waals surface area contributed by atoms with Crippen LogP contribution in [-0.4, -0.2) is 31.6 Å². The second kappa shape index (κ2) is 5.44. The average molecular weight is 323 g/mol. The number of carboxylic acids is 1. The van der Waals surface area contributed by atoms with Crippen molar-refractivity contribution in [3.05, 3.63) is 23.7 Å². The van der Waals surface area contributed by atoms with Gasteiger partial charge in [0.2, 0.25) is 5.13 Å². The zero-order valence-corrected chi connectivity index (χ0v) is 11.6. The second-order valence-corrected chi connectivity index (χ2v) is 6.02. The molecule has 0 atom stereocenters. The van der Waals surface area contributed by atoms with Crippen LogP contribution in [0.5, 0.6) is 0 Å². The van der Waals surface area contributed by atoms with Crippen LogP contribution in [0, 0.1) is 0 Å². The number of thioether (sulfide) groups is 1. The van der Waals surface area contributed by atoms with Gasteiger partial charge in [0, 0.05) is 6.20 Å². The van der Waals surface area contributed by atoms with Crippen LogP contribution in [-0.2, 0) is 6.18 Å². The lowest BCUT2D eigenvalue weighted by Crippen LogP contribution is -2.07. The van der Waals surface area contributed by atoms with Crippen molar-refractivity contribution in [2.45, 2.75) is 17.3 Å². The van der Waals surface area contributed by atoms with Crippen LogP contribution in [0.2, 0.25) is 0 Å². The monoisotopic (exact) mass is 323 g/mol. The van der Waals surface area contributed by atoms with E-state index in [2.05, 4.69) is 10.1 Å². The maximum absolute atomic E-state index is 12.5. The number of thiazole rings is 1. The molecule has 0 aliphatic heterocycles. The van der Waals surface area contributed by atoms with Crippen molar-refractivity contribution in [2.75, 3.05) is 5.75 Å². The number of halogens is 3. The van der Waals surface area contributed by atoms with E-state index >= 15 is 0 Å². The molecule has 2 rings (SSSR count). The first kappa shape index (κ1) is 14.9. The number of aromatic nitrogens is 3. The summed E-state index contributed by atoms with van der Waals surface area (Å²) in [4.78, 5) is 14.9. The van der Waals surface area contributed by atoms with E-state index in [0.29, 0.717) is 9.96 Å². The number of carbonyl (C=O) groups is 1. The third-order valence-electron chi connectivity index (χ3n) is 2.14. The number of aromatic carboxylic acids is 1. The highest BCUT2D eigenvalue weighted by molar-refractivity contribution is 8.01. The Labute approximate surface area is 119 Å². The number of hydrogen-bond acceptors (Lipinski definition) is 5. The standard InChI is InChI=1S/C10H8F3N3O2S2/c1-2-19-8-6(7(17)18)14-9(20-8)16-4-3-5(15-16)10(11,12)13/h3-4H,2H2,1H3,(H,17,18). The molecule has 0 saturated carbocycles. The first-order valence-corrected chi connectivity index (χ1v) is 7.13. The minimum absolute atomic E-state index is 0.0915. The molecule has 20 heavy (non-hydrogen) atoms. The molecule has 108 valence electrons. The number of rotatable bonds is 4. The minimum atomic E-state index is -4.54. The minimum Gasteiger partial charge on any atom is -0.476 e. The van der Waals surface area contributed by atoms with Crippen LogP contribution in [0.15, 0.2) is 16.5 Å². The van der Waals surface area contributed by atoms with Crippen molar-refractivity contribution < 1.29 is 23.1 Å². The Bertz CT molecular complexity index is 636. The van der Waals surface area contributed by atoms with E-state index in [1.165, 1.54) is 11.8 Å². The average Bonchev–Trinajstić information content (AvgIpc) is 2.93. The quantitative estimate of drug-likeness (QED) is 0.875. The van der Waals surface area contributed by atoms with Crippen molar-refractivity contribution in [2.24, 2.45) is 0 Å². The van der Waals surface area contributed by atoms with Gasteiger partial charge in [-0.1, -0.05) is 18.3 Å². The summed E-state index contributed by atoms with van der Waals surface area (Å²) in [6.07, 6.45) is -3.44. The zero-order valence-electron chi connectivity index (χ0n) is 10.0. The molecule has 2 aromatic heterocycles. The third-order valence-corrected chi connectivity index (χ3v) is 4.33. The molecule has 2 aromatic rings. The van der Waals surface area contributed by atoms with Crippen LogP contribution >= 0.6 is 23.1 Å². The Balaban J connectivity index is 2.40. The molecule has 0 aliphatic rings. The summed E-state index contributed by atoms with van der Waals surface area (Å²) < 4.78 is 38.8. The van der Waals surface area contributed by atoms with Crippen LogP contribution < -0.4 is 0 Å². The summed E-state index contributed by atoms with van der Waals surface area (Å²) in [5.74, 6) is -0.582. The largest absolute Gasteiger partial charge is 0.476 e. The van der Waals surface area contributed by atoms with Crippen molar-refractivity contribution in [3.8, 4) is 5.13 Å². The van der Waals surface area contributed by atoms with Crippen LogP contribution in [0.3, 0.4) is 0 Å². The summed E-state index contributed by atoms with van der Waals surface area (Å²) in [5.41, 5.74) is -1.21. The van der Waals surface area contributed by atoms with Gasteiger partial charge in [-0.25, -0.2) is 14.5 Å². The SMILES string of the molecule is CCSc1sc(-n2ccc(C(F)(F)F)n2)nc1C(=O)O. The van der Waals surface area contributed by atoms with Gasteiger partial charge in [-0.15, -0.1) is 11.8 Å². The Morgan fingerprint density at radius 2 is 2.25 bits per heavy atom. The molecule has 0 amide bonds. The molecule has 1 N–H and O–H groups in total. The summed E-state index contributed by atoms with van der Waals surface area (Å²) in [5, 5.41) is 12.5. The fraction of sp³-hybridized carbons (Fsp3) is 0.300. The van der Waals surface area contributed by atoms with Crippen LogP contribution in [0.1, 0.15) is 23.1 Å². The Morgan fingerprint density at radius 1 is 1.55 bits per heavy atom. The normalized spacial score (nSPS) is 11.8. The lowest BCUT2D eigenvalue weighted by molar-refractivity contribution is -0.141. The van der Waals surface area contributed by atoms with Gasteiger partial charge in [0.05, 0.1) is 4.21 Å². The van der Waals surface area contributed by atoms with Gasteiger partial charge < -0.3 is 5.11 Å². The van der Waals surface area contributed by atoms with Gasteiger partial charge in [0.25, 0.3) is 0 Å². The number of carboxylic acid groups (broad SMARTS) is 1. The zero-order chi connectivity index (χ0) is 14.9. The van der Waals surface area contributed by atoms with Gasteiger partial charge in [-0.2, -0.15) is 18.3 Å². The van der Waals surface area contributed by atoms with Crippen LogP contribution in [0.4, 0.5) is 13.2 Å². The predicted octanol–water partition coefficient (Wildman–Crippen LogP) is 3.16. The van der Waals surface area contributed by atoms with E-state index < -0.39 is 17.8 Å². The van der Waals surface area contributed by atoms with Crippen molar-refractivity contribution in [1.82, 2.24) is 14.8 Å². The molecule has 0 aromatic carbocycles. The molecule has 0 bridgehead atoms. The summed E-state index contributed by atoms with van der Waals surface area (Å²) >= 11 is 2.26. The topological polar surface area (TPSA) is 68.0 Å². The summed E-state index contributed by atoms with van der Waals surface area (Å²) in [6.45, 7) is 1.84. The molecule has 5 nitrogen and oxygen atoms in total. The Morgan fingerprint density at radius 3 is 2.75 bits per heavy atom. The van der Waals surface area contributed by atoms with Gasteiger partial charge in [0.1, 0.15) is 0 Å². The van der Waals surface area contributed by atoms with E-state index in [0.717, 1.165) is 28.3 Å². The molecule has 0 saturated heterocycles.